The van der Waals surface area contributed by atoms with Gasteiger partial charge in [-0.15, -0.1) is 0 Å². The zero-order valence-corrected chi connectivity index (χ0v) is 7.34. The first-order valence-corrected chi connectivity index (χ1v) is 4.61. The Balaban J connectivity index is 2.41. The van der Waals surface area contributed by atoms with E-state index in [1.807, 2.05) is 0 Å². The van der Waals surface area contributed by atoms with Gasteiger partial charge in [0.15, 0.2) is 5.82 Å². The molecule has 13 heavy (non-hydrogen) atoms. The van der Waals surface area contributed by atoms with Gasteiger partial charge >= 0.3 is 0 Å². The second-order valence-electron chi connectivity index (χ2n) is 2.43. The van der Waals surface area contributed by atoms with E-state index in [1.54, 1.807) is 0 Å². The van der Waals surface area contributed by atoms with Crippen molar-refractivity contribution in [3.05, 3.63) is 29.8 Å². The molecule has 0 bridgehead atoms. The topological polar surface area (TPSA) is 42.3 Å². The van der Waals surface area contributed by atoms with Gasteiger partial charge in [-0.25, -0.2) is 9.38 Å². The molecule has 1 aliphatic heterocycles. The molecule has 0 saturated heterocycles. The lowest BCUT2D eigenvalue weighted by Gasteiger charge is -1.97. The third-order valence-electron chi connectivity index (χ3n) is 1.52. The number of carbonyl (C=O) groups excluding carboxylic acids is 1. The highest BCUT2D eigenvalue weighted by atomic mass is 32.2. The summed E-state index contributed by atoms with van der Waals surface area (Å²) < 4.78 is 13.1. The van der Waals surface area contributed by atoms with Crippen molar-refractivity contribution >= 4 is 22.7 Å². The minimum Gasteiger partial charge on any atom is -0.272 e. The lowest BCUT2D eigenvalue weighted by Crippen LogP contribution is -1.99. The molecule has 0 aliphatic carbocycles. The maximum absolute atomic E-state index is 13.1. The number of pyridine rings is 1. The van der Waals surface area contributed by atoms with Crippen LogP contribution < -0.4 is 0 Å². The Kier molecular flexibility index (Phi) is 2.10. The van der Waals surface area contributed by atoms with Crippen LogP contribution >= 0.6 is 11.8 Å². The first-order chi connectivity index (χ1) is 6.27. The maximum Gasteiger partial charge on any atom is 0.257 e. The van der Waals surface area contributed by atoms with E-state index in [9.17, 15) is 9.18 Å². The second kappa shape index (κ2) is 3.26. The van der Waals surface area contributed by atoms with Crippen molar-refractivity contribution in [2.45, 2.75) is 0 Å². The quantitative estimate of drug-likeness (QED) is 0.678. The molecule has 2 heterocycles. The lowest BCUT2D eigenvalue weighted by atomic mass is 10.3. The molecule has 1 amide bonds. The molecular weight excluding hydrogens is 191 g/mol. The van der Waals surface area contributed by atoms with E-state index >= 15 is 0 Å². The van der Waals surface area contributed by atoms with E-state index in [1.165, 1.54) is 30.1 Å². The Hall–Kier alpha value is -1.23. The van der Waals surface area contributed by atoms with Gasteiger partial charge in [-0.1, -0.05) is 11.8 Å². The largest absolute Gasteiger partial charge is 0.272 e. The molecule has 0 radical (unpaired) electrons. The number of rotatable bonds is 1. The predicted octanol–water partition coefficient (Wildman–Crippen LogP) is 1.24. The number of nitrogens with zero attached hydrogens (tertiary/aromatic N) is 2. The fraction of sp³-hybridized carbons (Fsp3) is 0.125. The molecule has 1 aromatic heterocycles. The van der Waals surface area contributed by atoms with E-state index in [0.717, 1.165) is 0 Å². The van der Waals surface area contributed by atoms with Crippen LogP contribution in [0.3, 0.4) is 0 Å². The summed E-state index contributed by atoms with van der Waals surface area (Å²) in [5, 5.41) is 0.378. The standard InChI is InChI=1S/C8H5FN2OS/c9-5-2-1-3-10-7(5)8-11-6(12)4-13-8/h1-3H,4H2. The number of aromatic nitrogens is 1. The average Bonchev–Trinajstić information content (AvgIpc) is 2.53. The Labute approximate surface area is 78.1 Å². The summed E-state index contributed by atoms with van der Waals surface area (Å²) in [6.45, 7) is 0. The molecule has 0 aromatic carbocycles. The number of thioether (sulfide) groups is 1. The third-order valence-corrected chi connectivity index (χ3v) is 2.47. The molecular formula is C8H5FN2OS. The summed E-state index contributed by atoms with van der Waals surface area (Å²) in [6.07, 6.45) is 1.48. The second-order valence-corrected chi connectivity index (χ2v) is 3.40. The number of aliphatic imine (C=N–C) groups is 1. The van der Waals surface area contributed by atoms with Crippen LogP contribution in [-0.4, -0.2) is 21.7 Å². The van der Waals surface area contributed by atoms with Gasteiger partial charge in [-0.2, -0.15) is 0 Å². The van der Waals surface area contributed by atoms with E-state index in [4.69, 9.17) is 0 Å². The van der Waals surface area contributed by atoms with Crippen LogP contribution in [0.15, 0.2) is 23.3 Å². The Morgan fingerprint density at radius 1 is 1.54 bits per heavy atom. The Morgan fingerprint density at radius 3 is 3.00 bits per heavy atom. The number of carbonyl (C=O) groups is 1. The van der Waals surface area contributed by atoms with Gasteiger partial charge in [-0.3, -0.25) is 9.78 Å². The zero-order valence-electron chi connectivity index (χ0n) is 6.53. The molecule has 66 valence electrons. The van der Waals surface area contributed by atoms with Crippen LogP contribution in [0, 0.1) is 5.82 Å². The number of hydrogen-bond acceptors (Lipinski definition) is 3. The Morgan fingerprint density at radius 2 is 2.38 bits per heavy atom. The third kappa shape index (κ3) is 1.60. The first-order valence-electron chi connectivity index (χ1n) is 3.62. The Bertz CT molecular complexity index is 391. The summed E-state index contributed by atoms with van der Waals surface area (Å²) in [4.78, 5) is 18.3. The summed E-state index contributed by atoms with van der Waals surface area (Å²) in [7, 11) is 0. The van der Waals surface area contributed by atoms with E-state index < -0.39 is 5.82 Å². The van der Waals surface area contributed by atoms with Crippen molar-refractivity contribution in [2.24, 2.45) is 4.99 Å². The molecule has 1 aliphatic rings. The van der Waals surface area contributed by atoms with Crippen molar-refractivity contribution < 1.29 is 9.18 Å². The van der Waals surface area contributed by atoms with E-state index in [2.05, 4.69) is 9.98 Å². The number of halogens is 1. The normalized spacial score (nSPS) is 16.1. The molecule has 3 nitrogen and oxygen atoms in total. The number of hydrogen-bond donors (Lipinski definition) is 0. The van der Waals surface area contributed by atoms with Crippen LogP contribution in [-0.2, 0) is 4.79 Å². The smallest absolute Gasteiger partial charge is 0.257 e. The van der Waals surface area contributed by atoms with Gasteiger partial charge < -0.3 is 0 Å². The molecule has 2 rings (SSSR count). The SMILES string of the molecule is O=C1CSC(c2ncccc2F)=N1. The zero-order chi connectivity index (χ0) is 9.26. The molecule has 5 heteroatoms. The van der Waals surface area contributed by atoms with Gasteiger partial charge in [-0.05, 0) is 12.1 Å². The van der Waals surface area contributed by atoms with Crippen molar-refractivity contribution in [1.29, 1.82) is 0 Å². The highest BCUT2D eigenvalue weighted by Gasteiger charge is 2.19. The van der Waals surface area contributed by atoms with Gasteiger partial charge in [0.25, 0.3) is 5.91 Å². The van der Waals surface area contributed by atoms with Gasteiger partial charge in [0.2, 0.25) is 0 Å². The first kappa shape index (κ1) is 8.37. The molecule has 0 N–H and O–H groups in total. The fourth-order valence-electron chi connectivity index (χ4n) is 0.972. The van der Waals surface area contributed by atoms with Crippen LogP contribution in [0.4, 0.5) is 4.39 Å². The minimum atomic E-state index is -0.441. The highest BCUT2D eigenvalue weighted by molar-refractivity contribution is 8.15. The fourth-order valence-corrected chi connectivity index (χ4v) is 1.75. The van der Waals surface area contributed by atoms with Crippen molar-refractivity contribution in [2.75, 3.05) is 5.75 Å². The summed E-state index contributed by atoms with van der Waals surface area (Å²) >= 11 is 1.22. The molecule has 0 atom stereocenters. The number of amides is 1. The lowest BCUT2D eigenvalue weighted by molar-refractivity contribution is -0.115. The summed E-state index contributed by atoms with van der Waals surface area (Å²) in [5.74, 6) is -0.390. The molecule has 0 spiro atoms. The summed E-state index contributed by atoms with van der Waals surface area (Å²) in [5.41, 5.74) is 0.165. The van der Waals surface area contributed by atoms with E-state index in [-0.39, 0.29) is 17.4 Å². The monoisotopic (exact) mass is 196 g/mol. The van der Waals surface area contributed by atoms with Crippen LogP contribution in [0.1, 0.15) is 5.69 Å². The molecule has 0 unspecified atom stereocenters. The van der Waals surface area contributed by atoms with Crippen LogP contribution in [0.5, 0.6) is 0 Å². The predicted molar refractivity (Wildman–Crippen MR) is 48.2 cm³/mol. The van der Waals surface area contributed by atoms with Crippen molar-refractivity contribution in [3.63, 3.8) is 0 Å². The maximum atomic E-state index is 13.1. The average molecular weight is 196 g/mol. The molecule has 0 fully saturated rings. The molecule has 0 saturated carbocycles. The minimum absolute atomic E-state index is 0.165. The highest BCUT2D eigenvalue weighted by Crippen LogP contribution is 2.19. The van der Waals surface area contributed by atoms with E-state index in [0.29, 0.717) is 5.04 Å². The van der Waals surface area contributed by atoms with Gasteiger partial charge in [0.05, 0.1) is 5.75 Å². The van der Waals surface area contributed by atoms with Crippen molar-refractivity contribution in [1.82, 2.24) is 4.98 Å². The molecule has 1 aromatic rings. The summed E-state index contributed by atoms with van der Waals surface area (Å²) in [6, 6.07) is 2.80. The van der Waals surface area contributed by atoms with Crippen LogP contribution in [0.2, 0.25) is 0 Å². The van der Waals surface area contributed by atoms with Crippen LogP contribution in [0.25, 0.3) is 0 Å². The van der Waals surface area contributed by atoms with Gasteiger partial charge in [0, 0.05) is 6.20 Å². The van der Waals surface area contributed by atoms with Gasteiger partial charge in [0.1, 0.15) is 10.7 Å². The van der Waals surface area contributed by atoms with Crippen molar-refractivity contribution in [3.8, 4) is 0 Å².